The van der Waals surface area contributed by atoms with Crippen LogP contribution in [0.25, 0.3) is 0 Å². The van der Waals surface area contributed by atoms with Gasteiger partial charge in [-0.05, 0) is 18.6 Å². The number of rotatable bonds is 8. The lowest BCUT2D eigenvalue weighted by molar-refractivity contribution is 0.0495. The van der Waals surface area contributed by atoms with E-state index in [9.17, 15) is 14.4 Å². The molecule has 1 fully saturated rings. The van der Waals surface area contributed by atoms with Gasteiger partial charge in [-0.25, -0.2) is 4.79 Å². The van der Waals surface area contributed by atoms with E-state index in [0.717, 1.165) is 24.3 Å². The van der Waals surface area contributed by atoms with E-state index in [1.54, 1.807) is 31.4 Å². The quantitative estimate of drug-likeness (QED) is 0.399. The van der Waals surface area contributed by atoms with Gasteiger partial charge in [0.2, 0.25) is 0 Å². The number of unbranched alkanes of at least 4 members (excludes halogenated alkanes) is 2. The Balaban J connectivity index is 2.02. The molecule has 0 bridgehead atoms. The predicted octanol–water partition coefficient (Wildman–Crippen LogP) is 3.37. The fourth-order valence-corrected chi connectivity index (χ4v) is 3.82. The molecule has 3 amide bonds. The van der Waals surface area contributed by atoms with Crippen LogP contribution in [-0.4, -0.2) is 54.5 Å². The number of hydrogen-bond acceptors (Lipinski definition) is 6. The highest BCUT2D eigenvalue weighted by molar-refractivity contribution is 6.21. The molecule has 1 N–H and O–H groups in total. The number of carbonyl (C=O) groups excluding carboxylic acids is 3. The number of alkyl carbamates (subject to hydrolysis) is 1. The van der Waals surface area contributed by atoms with Gasteiger partial charge in [0.05, 0.1) is 29.0 Å². The maximum atomic E-state index is 12.9. The van der Waals surface area contributed by atoms with Gasteiger partial charge in [0, 0.05) is 12.5 Å². The van der Waals surface area contributed by atoms with Crippen molar-refractivity contribution in [2.75, 3.05) is 13.7 Å². The molecule has 8 heteroatoms. The molecule has 2 atom stereocenters. The molecule has 0 aliphatic carbocycles. The van der Waals surface area contributed by atoms with Crippen LogP contribution in [0.3, 0.4) is 0 Å². The van der Waals surface area contributed by atoms with E-state index in [1.807, 2.05) is 13.8 Å². The van der Waals surface area contributed by atoms with Crippen molar-refractivity contribution in [2.24, 2.45) is 10.5 Å². The summed E-state index contributed by atoms with van der Waals surface area (Å²) < 4.78 is 10.9. The summed E-state index contributed by atoms with van der Waals surface area (Å²) in [5.41, 5.74) is 0.582. The van der Waals surface area contributed by atoms with Crippen LogP contribution in [-0.2, 0) is 9.47 Å². The average Bonchev–Trinajstić information content (AvgIpc) is 2.97. The van der Waals surface area contributed by atoms with Crippen molar-refractivity contribution in [1.29, 1.82) is 0 Å². The van der Waals surface area contributed by atoms with Crippen molar-refractivity contribution in [3.05, 3.63) is 35.4 Å². The van der Waals surface area contributed by atoms with Gasteiger partial charge in [0.25, 0.3) is 11.8 Å². The molecule has 1 saturated heterocycles. The Kier molecular flexibility index (Phi) is 6.55. The summed E-state index contributed by atoms with van der Waals surface area (Å²) in [6.07, 6.45) is 2.61. The van der Waals surface area contributed by atoms with Crippen LogP contribution in [0.2, 0.25) is 0 Å². The topological polar surface area (TPSA) is 97.3 Å². The van der Waals surface area contributed by atoms with E-state index in [0.29, 0.717) is 23.3 Å². The number of carbonyl (C=O) groups is 3. The minimum atomic E-state index is -0.558. The summed E-state index contributed by atoms with van der Waals surface area (Å²) in [7, 11) is 1.57. The number of nitrogens with one attached hydrogen (secondary N) is 1. The molecule has 0 aromatic heterocycles. The molecule has 2 heterocycles. The molecule has 3 rings (SSSR count). The average molecular weight is 415 g/mol. The van der Waals surface area contributed by atoms with E-state index < -0.39 is 35.5 Å². The summed E-state index contributed by atoms with van der Waals surface area (Å²) >= 11 is 0. The third-order valence-electron chi connectivity index (χ3n) is 5.59. The Morgan fingerprint density at radius 3 is 2.43 bits per heavy atom. The molecule has 30 heavy (non-hydrogen) atoms. The third kappa shape index (κ3) is 4.23. The fourth-order valence-electron chi connectivity index (χ4n) is 3.82. The molecule has 0 unspecified atom stereocenters. The molecule has 2 aliphatic rings. The number of hydrazone groups is 1. The second kappa shape index (κ2) is 8.95. The zero-order valence-corrected chi connectivity index (χ0v) is 17.9. The standard InChI is InChI=1S/C22H29N3O5/c1-5-6-7-12-16(29-4)17(18-22(2,3)13-30-21(28)23-18)24-25-19(26)14-10-8-9-11-15(14)20(25)27/h8-11,16,18H,5-7,12-13H2,1-4H3,(H,23,28)/b24-17+/t16-,18-/m0/s1. The summed E-state index contributed by atoms with van der Waals surface area (Å²) in [6, 6.07) is 6.10. The first-order valence-corrected chi connectivity index (χ1v) is 10.3. The lowest BCUT2D eigenvalue weighted by Gasteiger charge is -2.40. The number of amides is 3. The van der Waals surface area contributed by atoms with Gasteiger partial charge >= 0.3 is 6.09 Å². The highest BCUT2D eigenvalue weighted by Crippen LogP contribution is 2.30. The first-order chi connectivity index (χ1) is 14.3. The van der Waals surface area contributed by atoms with Crippen LogP contribution in [0.1, 0.15) is 67.2 Å². The fraction of sp³-hybridized carbons (Fsp3) is 0.545. The Hall–Kier alpha value is -2.74. The third-order valence-corrected chi connectivity index (χ3v) is 5.59. The molecule has 162 valence electrons. The summed E-state index contributed by atoms with van der Waals surface area (Å²) in [6.45, 7) is 6.18. The Morgan fingerprint density at radius 2 is 1.87 bits per heavy atom. The second-order valence-electron chi connectivity index (χ2n) is 8.35. The highest BCUT2D eigenvalue weighted by atomic mass is 16.6. The molecule has 1 aromatic rings. The van der Waals surface area contributed by atoms with Crippen molar-refractivity contribution in [2.45, 2.75) is 58.6 Å². The van der Waals surface area contributed by atoms with E-state index in [2.05, 4.69) is 17.3 Å². The van der Waals surface area contributed by atoms with Crippen LogP contribution in [0, 0.1) is 5.41 Å². The van der Waals surface area contributed by atoms with E-state index in [4.69, 9.17) is 9.47 Å². The molecular weight excluding hydrogens is 386 g/mol. The lowest BCUT2D eigenvalue weighted by Crippen LogP contribution is -2.59. The monoisotopic (exact) mass is 415 g/mol. The zero-order valence-electron chi connectivity index (χ0n) is 17.9. The number of methoxy groups -OCH3 is 1. The van der Waals surface area contributed by atoms with Crippen LogP contribution < -0.4 is 5.32 Å². The minimum absolute atomic E-state index is 0.191. The maximum absolute atomic E-state index is 12.9. The first-order valence-electron chi connectivity index (χ1n) is 10.3. The largest absolute Gasteiger partial charge is 0.449 e. The molecule has 1 aromatic carbocycles. The number of cyclic esters (lactones) is 1. The van der Waals surface area contributed by atoms with Crippen LogP contribution in [0.15, 0.2) is 29.4 Å². The van der Waals surface area contributed by atoms with E-state index in [-0.39, 0.29) is 6.61 Å². The van der Waals surface area contributed by atoms with Gasteiger partial charge in [-0.1, -0.05) is 52.2 Å². The highest BCUT2D eigenvalue weighted by Gasteiger charge is 2.44. The van der Waals surface area contributed by atoms with E-state index in [1.165, 1.54) is 0 Å². The van der Waals surface area contributed by atoms with Gasteiger partial charge in [-0.3, -0.25) is 9.59 Å². The Morgan fingerprint density at radius 1 is 1.23 bits per heavy atom. The van der Waals surface area contributed by atoms with Gasteiger partial charge in [0.15, 0.2) is 0 Å². The van der Waals surface area contributed by atoms with Crippen LogP contribution in [0.4, 0.5) is 4.79 Å². The number of benzene rings is 1. The summed E-state index contributed by atoms with van der Waals surface area (Å²) in [4.78, 5) is 37.7. The number of imide groups is 1. The Labute approximate surface area is 176 Å². The van der Waals surface area contributed by atoms with Crippen LogP contribution >= 0.6 is 0 Å². The number of ether oxygens (including phenoxy) is 2. The van der Waals surface area contributed by atoms with Gasteiger partial charge in [-0.2, -0.15) is 10.1 Å². The second-order valence-corrected chi connectivity index (χ2v) is 8.35. The first kappa shape index (κ1) is 22.0. The van der Waals surface area contributed by atoms with Crippen molar-refractivity contribution in [1.82, 2.24) is 10.3 Å². The zero-order chi connectivity index (χ0) is 21.9. The van der Waals surface area contributed by atoms with Crippen molar-refractivity contribution < 1.29 is 23.9 Å². The van der Waals surface area contributed by atoms with Crippen molar-refractivity contribution in [3.63, 3.8) is 0 Å². The summed E-state index contributed by atoms with van der Waals surface area (Å²) in [5, 5.41) is 8.22. The molecule has 0 spiro atoms. The SMILES string of the molecule is CCCCC[C@H](OC)/C(=N\N1C(=O)c2ccccc2C1=O)[C@@H]1NC(=O)OCC1(C)C. The lowest BCUT2D eigenvalue weighted by atomic mass is 9.79. The number of hydrogen-bond donors (Lipinski definition) is 1. The van der Waals surface area contributed by atoms with Gasteiger partial charge < -0.3 is 14.8 Å². The van der Waals surface area contributed by atoms with E-state index >= 15 is 0 Å². The predicted molar refractivity (Wildman–Crippen MR) is 111 cm³/mol. The number of nitrogens with zero attached hydrogens (tertiary/aromatic N) is 2. The molecule has 0 saturated carbocycles. The maximum Gasteiger partial charge on any atom is 0.407 e. The normalized spacial score (nSPS) is 21.9. The van der Waals surface area contributed by atoms with Crippen molar-refractivity contribution in [3.8, 4) is 0 Å². The molecular formula is C22H29N3O5. The van der Waals surface area contributed by atoms with Gasteiger partial charge in [0.1, 0.15) is 6.61 Å². The smallest absolute Gasteiger partial charge is 0.407 e. The Bertz CT molecular complexity index is 829. The molecule has 2 aliphatic heterocycles. The molecule has 8 nitrogen and oxygen atoms in total. The molecule has 0 radical (unpaired) electrons. The van der Waals surface area contributed by atoms with Crippen LogP contribution in [0.5, 0.6) is 0 Å². The van der Waals surface area contributed by atoms with Gasteiger partial charge in [-0.15, -0.1) is 0 Å². The van der Waals surface area contributed by atoms with Crippen molar-refractivity contribution >= 4 is 23.6 Å². The summed E-state index contributed by atoms with van der Waals surface area (Å²) in [5.74, 6) is -0.958. The number of fused-ring (bicyclic) bond motifs is 1. The minimum Gasteiger partial charge on any atom is -0.449 e.